The van der Waals surface area contributed by atoms with Gasteiger partial charge in [0.05, 0.1) is 0 Å². The summed E-state index contributed by atoms with van der Waals surface area (Å²) in [5.74, 6) is 0. The highest BCUT2D eigenvalue weighted by atomic mass is 79.9. The maximum Gasteiger partial charge on any atom is 0.183 e. The summed E-state index contributed by atoms with van der Waals surface area (Å²) in [6.45, 7) is 4.47. The van der Waals surface area contributed by atoms with Gasteiger partial charge < -0.3 is 5.32 Å². The zero-order valence-corrected chi connectivity index (χ0v) is 11.8. The van der Waals surface area contributed by atoms with Crippen LogP contribution in [0.4, 0.5) is 5.13 Å². The van der Waals surface area contributed by atoms with Gasteiger partial charge in [0.15, 0.2) is 5.13 Å². The largest absolute Gasteiger partial charge is 0.359 e. The lowest BCUT2D eigenvalue weighted by atomic mass is 10.1. The number of hydrogen-bond acceptors (Lipinski definition) is 3. The Balaban J connectivity index is 2.15. The van der Waals surface area contributed by atoms with Gasteiger partial charge in [-0.25, -0.2) is 4.98 Å². The van der Waals surface area contributed by atoms with Crippen molar-refractivity contribution in [3.8, 4) is 0 Å². The molecule has 0 aliphatic heterocycles. The lowest BCUT2D eigenvalue weighted by molar-refractivity contribution is 0.594. The third-order valence-corrected chi connectivity index (χ3v) is 3.82. The van der Waals surface area contributed by atoms with Crippen molar-refractivity contribution in [3.63, 3.8) is 0 Å². The van der Waals surface area contributed by atoms with Crippen LogP contribution in [0, 0.1) is 0 Å². The topological polar surface area (TPSA) is 24.9 Å². The van der Waals surface area contributed by atoms with Crippen molar-refractivity contribution in [2.45, 2.75) is 52.0 Å². The highest BCUT2D eigenvalue weighted by Crippen LogP contribution is 2.21. The Kier molecular flexibility index (Phi) is 6.25. The van der Waals surface area contributed by atoms with E-state index in [0.717, 1.165) is 9.73 Å². The minimum Gasteiger partial charge on any atom is -0.359 e. The normalized spacial score (nSPS) is 12.7. The summed E-state index contributed by atoms with van der Waals surface area (Å²) in [7, 11) is 0. The van der Waals surface area contributed by atoms with Crippen LogP contribution in [0.1, 0.15) is 46.0 Å². The third-order valence-electron chi connectivity index (χ3n) is 2.34. The van der Waals surface area contributed by atoms with Gasteiger partial charge >= 0.3 is 0 Å². The second-order valence-corrected chi connectivity index (χ2v) is 5.54. The molecule has 1 aromatic heterocycles. The molecule has 0 spiro atoms. The molecule has 0 aliphatic carbocycles. The maximum absolute atomic E-state index is 4.32. The zero-order valence-electron chi connectivity index (χ0n) is 9.42. The molecule has 1 unspecified atom stereocenters. The van der Waals surface area contributed by atoms with Crippen LogP contribution >= 0.6 is 27.3 Å². The molecule has 1 N–H and O–H groups in total. The number of halogens is 1. The monoisotopic (exact) mass is 290 g/mol. The van der Waals surface area contributed by atoms with E-state index in [1.165, 1.54) is 32.1 Å². The Morgan fingerprint density at radius 1 is 1.47 bits per heavy atom. The Morgan fingerprint density at radius 3 is 2.87 bits per heavy atom. The maximum atomic E-state index is 4.32. The van der Waals surface area contributed by atoms with Gasteiger partial charge in [-0.3, -0.25) is 0 Å². The van der Waals surface area contributed by atoms with Crippen molar-refractivity contribution in [3.05, 3.63) is 9.98 Å². The molecule has 0 saturated heterocycles. The fourth-order valence-electron chi connectivity index (χ4n) is 1.48. The summed E-state index contributed by atoms with van der Waals surface area (Å²) in [5, 5.41) is 6.44. The zero-order chi connectivity index (χ0) is 11.1. The average Bonchev–Trinajstić information content (AvgIpc) is 2.59. The van der Waals surface area contributed by atoms with Crippen molar-refractivity contribution in [1.82, 2.24) is 4.98 Å². The van der Waals surface area contributed by atoms with Gasteiger partial charge in [-0.1, -0.05) is 32.6 Å². The van der Waals surface area contributed by atoms with E-state index in [1.807, 2.05) is 5.38 Å². The fraction of sp³-hybridized carbons (Fsp3) is 0.727. The van der Waals surface area contributed by atoms with Crippen molar-refractivity contribution in [2.75, 3.05) is 5.32 Å². The van der Waals surface area contributed by atoms with Crippen molar-refractivity contribution < 1.29 is 0 Å². The number of unbranched alkanes of at least 4 members (excludes halogenated alkanes) is 3. The summed E-state index contributed by atoms with van der Waals surface area (Å²) in [6, 6.07) is 0.528. The molecule has 1 atom stereocenters. The number of anilines is 1. The van der Waals surface area contributed by atoms with Crippen LogP contribution in [-0.2, 0) is 0 Å². The van der Waals surface area contributed by atoms with E-state index in [1.54, 1.807) is 11.3 Å². The van der Waals surface area contributed by atoms with Gasteiger partial charge in [0.25, 0.3) is 0 Å². The molecule has 0 fully saturated rings. The fourth-order valence-corrected chi connectivity index (χ4v) is 2.74. The Bertz CT molecular complexity index is 275. The first-order valence-electron chi connectivity index (χ1n) is 5.60. The summed E-state index contributed by atoms with van der Waals surface area (Å²) in [4.78, 5) is 4.32. The van der Waals surface area contributed by atoms with E-state index in [9.17, 15) is 0 Å². The smallest absolute Gasteiger partial charge is 0.183 e. The Hall–Kier alpha value is -0.0900. The number of rotatable bonds is 7. The quantitative estimate of drug-likeness (QED) is 0.738. The summed E-state index contributed by atoms with van der Waals surface area (Å²) in [6.07, 6.45) is 6.56. The van der Waals surface area contributed by atoms with Crippen LogP contribution in [0.3, 0.4) is 0 Å². The summed E-state index contributed by atoms with van der Waals surface area (Å²) in [5.41, 5.74) is 0. The number of aromatic nitrogens is 1. The van der Waals surface area contributed by atoms with E-state index in [0.29, 0.717) is 6.04 Å². The minimum absolute atomic E-state index is 0.528. The SMILES string of the molecule is CCCCCCC(C)Nc1nc(Br)cs1. The van der Waals surface area contributed by atoms with Gasteiger partial charge in [-0.05, 0) is 29.3 Å². The van der Waals surface area contributed by atoms with E-state index < -0.39 is 0 Å². The Morgan fingerprint density at radius 2 is 2.27 bits per heavy atom. The Labute approximate surface area is 105 Å². The molecule has 2 nitrogen and oxygen atoms in total. The highest BCUT2D eigenvalue weighted by molar-refractivity contribution is 9.10. The number of nitrogens with zero attached hydrogens (tertiary/aromatic N) is 1. The van der Waals surface area contributed by atoms with E-state index >= 15 is 0 Å². The van der Waals surface area contributed by atoms with Crippen LogP contribution in [0.5, 0.6) is 0 Å². The number of hydrogen-bond donors (Lipinski definition) is 1. The van der Waals surface area contributed by atoms with E-state index in [2.05, 4.69) is 40.1 Å². The van der Waals surface area contributed by atoms with Crippen molar-refractivity contribution in [1.29, 1.82) is 0 Å². The molecule has 1 aromatic rings. The number of nitrogens with one attached hydrogen (secondary N) is 1. The molecule has 0 bridgehead atoms. The third kappa shape index (κ3) is 5.52. The summed E-state index contributed by atoms with van der Waals surface area (Å²) >= 11 is 5.01. The standard InChI is InChI=1S/C11H19BrN2S/c1-3-4-5-6-7-9(2)13-11-14-10(12)8-15-11/h8-9H,3-7H2,1-2H3,(H,13,14). The minimum atomic E-state index is 0.528. The molecule has 4 heteroatoms. The van der Waals surface area contributed by atoms with Crippen molar-refractivity contribution >= 4 is 32.4 Å². The molecular weight excluding hydrogens is 272 g/mol. The lowest BCUT2D eigenvalue weighted by Gasteiger charge is -2.12. The van der Waals surface area contributed by atoms with Gasteiger partial charge in [0.2, 0.25) is 0 Å². The predicted octanol–water partition coefficient (Wildman–Crippen LogP) is 4.68. The van der Waals surface area contributed by atoms with Crippen LogP contribution < -0.4 is 5.32 Å². The first-order valence-corrected chi connectivity index (χ1v) is 7.27. The molecule has 0 radical (unpaired) electrons. The molecule has 0 amide bonds. The van der Waals surface area contributed by atoms with Crippen molar-refractivity contribution in [2.24, 2.45) is 0 Å². The molecular formula is C11H19BrN2S. The van der Waals surface area contributed by atoms with Gasteiger partial charge in [0, 0.05) is 11.4 Å². The van der Waals surface area contributed by atoms with E-state index in [4.69, 9.17) is 0 Å². The van der Waals surface area contributed by atoms with Crippen LogP contribution in [0.25, 0.3) is 0 Å². The summed E-state index contributed by atoms with van der Waals surface area (Å²) < 4.78 is 0.924. The highest BCUT2D eigenvalue weighted by Gasteiger charge is 2.04. The molecule has 0 saturated carbocycles. The second-order valence-electron chi connectivity index (χ2n) is 3.87. The van der Waals surface area contributed by atoms with Crippen LogP contribution in [0.15, 0.2) is 9.98 Å². The van der Waals surface area contributed by atoms with Gasteiger partial charge in [-0.2, -0.15) is 0 Å². The average molecular weight is 291 g/mol. The second kappa shape index (κ2) is 7.23. The molecule has 1 heterocycles. The van der Waals surface area contributed by atoms with Crippen LogP contribution in [0.2, 0.25) is 0 Å². The predicted molar refractivity (Wildman–Crippen MR) is 71.7 cm³/mol. The first-order chi connectivity index (χ1) is 7.22. The van der Waals surface area contributed by atoms with Gasteiger partial charge in [-0.15, -0.1) is 11.3 Å². The molecule has 0 aliphatic rings. The molecule has 15 heavy (non-hydrogen) atoms. The van der Waals surface area contributed by atoms with Gasteiger partial charge in [0.1, 0.15) is 4.60 Å². The molecule has 0 aromatic carbocycles. The van der Waals surface area contributed by atoms with E-state index in [-0.39, 0.29) is 0 Å². The lowest BCUT2D eigenvalue weighted by Crippen LogP contribution is -2.14. The first kappa shape index (κ1) is 13.0. The molecule has 1 rings (SSSR count). The number of thiazole rings is 1. The molecule has 86 valence electrons. The van der Waals surface area contributed by atoms with Crippen LogP contribution in [-0.4, -0.2) is 11.0 Å².